The molecule has 1 aliphatic carbocycles. The van der Waals surface area contributed by atoms with Crippen molar-refractivity contribution >= 4 is 0 Å². The van der Waals surface area contributed by atoms with Crippen LogP contribution in [0.25, 0.3) is 0 Å². The number of hydrogen-bond acceptors (Lipinski definition) is 5. The van der Waals surface area contributed by atoms with E-state index in [0.29, 0.717) is 24.1 Å². The lowest BCUT2D eigenvalue weighted by Crippen LogP contribution is -2.28. The predicted octanol–water partition coefficient (Wildman–Crippen LogP) is 2.75. The van der Waals surface area contributed by atoms with Crippen molar-refractivity contribution in [2.45, 2.75) is 25.0 Å². The van der Waals surface area contributed by atoms with Gasteiger partial charge >= 0.3 is 0 Å². The van der Waals surface area contributed by atoms with Crippen LogP contribution >= 0.6 is 0 Å². The van der Waals surface area contributed by atoms with Crippen LogP contribution in [-0.2, 0) is 0 Å². The van der Waals surface area contributed by atoms with Gasteiger partial charge in [-0.2, -0.15) is 4.39 Å². The van der Waals surface area contributed by atoms with Gasteiger partial charge in [-0.05, 0) is 54.5 Å². The van der Waals surface area contributed by atoms with E-state index >= 15 is 0 Å². The number of rotatable bonds is 5. The molecule has 2 N–H and O–H groups in total. The number of benzene rings is 1. The summed E-state index contributed by atoms with van der Waals surface area (Å²) in [5, 5.41) is 19.8. The van der Waals surface area contributed by atoms with Crippen LogP contribution in [0.4, 0.5) is 4.39 Å². The summed E-state index contributed by atoms with van der Waals surface area (Å²) >= 11 is 0. The van der Waals surface area contributed by atoms with Gasteiger partial charge in [0.1, 0.15) is 11.5 Å². The molecule has 1 aliphatic heterocycles. The number of fused-ring (bicyclic) bond motifs is 1. The van der Waals surface area contributed by atoms with Crippen molar-refractivity contribution in [3.8, 4) is 11.5 Å². The largest absolute Gasteiger partial charge is 0.508 e. The molecule has 0 radical (unpaired) electrons. The van der Waals surface area contributed by atoms with Gasteiger partial charge in [-0.25, -0.2) is 4.98 Å². The minimum atomic E-state index is -0.549. The molecular formula is C20H23FN2O3. The van der Waals surface area contributed by atoms with Crippen LogP contribution in [0.3, 0.4) is 0 Å². The normalized spacial score (nSPS) is 26.6. The van der Waals surface area contributed by atoms with E-state index in [4.69, 9.17) is 4.74 Å². The highest BCUT2D eigenvalue weighted by Crippen LogP contribution is 2.40. The lowest BCUT2D eigenvalue weighted by molar-refractivity contribution is 0.116. The molecule has 26 heavy (non-hydrogen) atoms. The molecule has 0 spiro atoms. The first kappa shape index (κ1) is 17.2. The third-order valence-corrected chi connectivity index (χ3v) is 5.50. The third kappa shape index (κ3) is 3.81. The molecule has 1 saturated carbocycles. The summed E-state index contributed by atoms with van der Waals surface area (Å²) in [5.74, 6) is 1.47. The molecule has 2 aromatic rings. The van der Waals surface area contributed by atoms with Crippen molar-refractivity contribution < 1.29 is 19.3 Å². The number of aliphatic hydroxyl groups excluding tert-OH is 1. The summed E-state index contributed by atoms with van der Waals surface area (Å²) in [6.45, 7) is 2.52. The van der Waals surface area contributed by atoms with Crippen LogP contribution in [0.15, 0.2) is 42.6 Å². The van der Waals surface area contributed by atoms with Gasteiger partial charge < -0.3 is 14.9 Å². The number of hydrogen-bond donors (Lipinski definition) is 2. The van der Waals surface area contributed by atoms with E-state index in [1.807, 2.05) is 0 Å². The first-order valence-electron chi connectivity index (χ1n) is 9.04. The van der Waals surface area contributed by atoms with Crippen molar-refractivity contribution in [1.82, 2.24) is 9.88 Å². The summed E-state index contributed by atoms with van der Waals surface area (Å²) in [6, 6.07) is 9.66. The van der Waals surface area contributed by atoms with Gasteiger partial charge in [0.05, 0.1) is 18.4 Å². The highest BCUT2D eigenvalue weighted by atomic mass is 19.1. The molecular weight excluding hydrogens is 335 g/mol. The van der Waals surface area contributed by atoms with Crippen molar-refractivity contribution in [3.63, 3.8) is 0 Å². The van der Waals surface area contributed by atoms with Crippen LogP contribution in [0, 0.1) is 17.8 Å². The average molecular weight is 358 g/mol. The number of ether oxygens (including phenoxy) is 1. The number of phenols is 1. The molecule has 0 bridgehead atoms. The second kappa shape index (κ2) is 7.21. The molecule has 1 aromatic carbocycles. The zero-order chi connectivity index (χ0) is 18.1. The van der Waals surface area contributed by atoms with E-state index in [1.165, 1.54) is 12.3 Å². The fourth-order valence-corrected chi connectivity index (χ4v) is 4.26. The Hall–Kier alpha value is -2.18. The van der Waals surface area contributed by atoms with E-state index in [2.05, 4.69) is 9.88 Å². The Kier molecular flexibility index (Phi) is 4.78. The topological polar surface area (TPSA) is 65.8 Å². The summed E-state index contributed by atoms with van der Waals surface area (Å²) in [7, 11) is 0. The van der Waals surface area contributed by atoms with Gasteiger partial charge in [-0.3, -0.25) is 4.90 Å². The monoisotopic (exact) mass is 358 g/mol. The average Bonchev–Trinajstić information content (AvgIpc) is 3.15. The molecule has 4 atom stereocenters. The molecule has 4 rings (SSSR count). The third-order valence-electron chi connectivity index (χ3n) is 5.50. The molecule has 6 heteroatoms. The number of phenolic OH excluding ortho intramolecular Hbond substituents is 1. The maximum atomic E-state index is 12.9. The van der Waals surface area contributed by atoms with Crippen molar-refractivity contribution in [2.75, 3.05) is 19.6 Å². The number of nitrogens with zero attached hydrogens (tertiary/aromatic N) is 2. The van der Waals surface area contributed by atoms with Crippen LogP contribution in [0.2, 0.25) is 0 Å². The van der Waals surface area contributed by atoms with Crippen LogP contribution in [0.1, 0.15) is 24.5 Å². The molecule has 0 amide bonds. The van der Waals surface area contributed by atoms with Gasteiger partial charge in [-0.1, -0.05) is 12.1 Å². The van der Waals surface area contributed by atoms with E-state index in [9.17, 15) is 14.6 Å². The molecule has 5 nitrogen and oxygen atoms in total. The molecule has 2 heterocycles. The summed E-state index contributed by atoms with van der Waals surface area (Å²) in [5.41, 5.74) is 0.824. The SMILES string of the molecule is Oc1ccc(C(O)CN2C[C@H]3CC(Oc4ccc(F)nc4)C[C@H]3C2)cc1. The number of aromatic nitrogens is 1. The quantitative estimate of drug-likeness (QED) is 0.805. The van der Waals surface area contributed by atoms with Gasteiger partial charge in [0.25, 0.3) is 0 Å². The van der Waals surface area contributed by atoms with Gasteiger partial charge in [0.15, 0.2) is 0 Å². The Bertz CT molecular complexity index is 724. The van der Waals surface area contributed by atoms with Gasteiger partial charge in [0.2, 0.25) is 5.95 Å². The molecule has 138 valence electrons. The van der Waals surface area contributed by atoms with Gasteiger partial charge in [-0.15, -0.1) is 0 Å². The Morgan fingerprint density at radius 2 is 1.81 bits per heavy atom. The minimum absolute atomic E-state index is 0.154. The number of aromatic hydroxyl groups is 1. The van der Waals surface area contributed by atoms with E-state index in [0.717, 1.165) is 31.5 Å². The Morgan fingerprint density at radius 3 is 2.42 bits per heavy atom. The summed E-state index contributed by atoms with van der Waals surface area (Å²) in [4.78, 5) is 5.94. The zero-order valence-corrected chi connectivity index (χ0v) is 14.5. The molecule has 1 saturated heterocycles. The highest BCUT2D eigenvalue weighted by molar-refractivity contribution is 5.27. The predicted molar refractivity (Wildman–Crippen MR) is 94.3 cm³/mol. The molecule has 1 aromatic heterocycles. The molecule has 2 aliphatic rings. The first-order valence-corrected chi connectivity index (χ1v) is 9.04. The Morgan fingerprint density at radius 1 is 1.12 bits per heavy atom. The van der Waals surface area contributed by atoms with Crippen molar-refractivity contribution in [2.24, 2.45) is 11.8 Å². The van der Waals surface area contributed by atoms with Crippen molar-refractivity contribution in [3.05, 3.63) is 54.1 Å². The Balaban J connectivity index is 1.28. The summed E-state index contributed by atoms with van der Waals surface area (Å²) < 4.78 is 18.8. The second-order valence-corrected chi connectivity index (χ2v) is 7.37. The van der Waals surface area contributed by atoms with Gasteiger partial charge in [0, 0.05) is 19.6 Å². The van der Waals surface area contributed by atoms with Crippen LogP contribution < -0.4 is 4.74 Å². The minimum Gasteiger partial charge on any atom is -0.508 e. The maximum absolute atomic E-state index is 12.9. The van der Waals surface area contributed by atoms with Crippen LogP contribution in [-0.4, -0.2) is 45.8 Å². The number of aliphatic hydroxyl groups is 1. The highest BCUT2D eigenvalue weighted by Gasteiger charge is 2.42. The number of pyridine rings is 1. The number of likely N-dealkylation sites (tertiary alicyclic amines) is 1. The van der Waals surface area contributed by atoms with Crippen LogP contribution in [0.5, 0.6) is 11.5 Å². The van der Waals surface area contributed by atoms with E-state index < -0.39 is 12.1 Å². The first-order chi connectivity index (χ1) is 12.6. The summed E-state index contributed by atoms with van der Waals surface area (Å²) in [6.07, 6.45) is 3.00. The maximum Gasteiger partial charge on any atom is 0.213 e. The molecule has 2 unspecified atom stereocenters. The molecule has 2 fully saturated rings. The number of β-amino-alcohol motifs (C(OH)–C–C–N with tert-alkyl or cyclic N) is 1. The van der Waals surface area contributed by atoms with E-state index in [1.54, 1.807) is 30.3 Å². The number of halogens is 1. The zero-order valence-electron chi connectivity index (χ0n) is 14.5. The Labute approximate surface area is 152 Å². The lowest BCUT2D eigenvalue weighted by Gasteiger charge is -2.22. The van der Waals surface area contributed by atoms with E-state index in [-0.39, 0.29) is 11.9 Å². The second-order valence-electron chi connectivity index (χ2n) is 7.37. The van der Waals surface area contributed by atoms with Crippen molar-refractivity contribution in [1.29, 1.82) is 0 Å². The fourth-order valence-electron chi connectivity index (χ4n) is 4.26. The smallest absolute Gasteiger partial charge is 0.213 e. The lowest BCUT2D eigenvalue weighted by atomic mass is 10.0. The standard InChI is InChI=1S/C20H23FN2O3/c21-20-6-5-17(9-22-20)26-18-7-14-10-23(11-15(14)8-18)12-19(25)13-1-3-16(24)4-2-13/h1-6,9,14-15,18-19,24-25H,7-8,10-12H2/t14-,15+,18?,19?. The fraction of sp³-hybridized carbons (Fsp3) is 0.450.